The standard InChI is InChI=1S/C16H15ClN4OS/c1-10-15(11-3-5-12(17)6-4-11)16(22)21(20-10)14-8-7-13(9-19-14)23(2)18/h3-9,18,22H,1-2H3. The minimum atomic E-state index is -0.597. The van der Waals surface area contributed by atoms with Gasteiger partial charge >= 0.3 is 0 Å². The highest BCUT2D eigenvalue weighted by atomic mass is 35.5. The van der Waals surface area contributed by atoms with Crippen LogP contribution >= 0.6 is 11.6 Å². The highest BCUT2D eigenvalue weighted by molar-refractivity contribution is 7.85. The molecule has 3 rings (SSSR count). The van der Waals surface area contributed by atoms with Crippen LogP contribution in [0.1, 0.15) is 5.69 Å². The summed E-state index contributed by atoms with van der Waals surface area (Å²) in [6.07, 6.45) is 3.45. The molecule has 1 unspecified atom stereocenters. The Hall–Kier alpha value is -2.18. The molecule has 2 N–H and O–H groups in total. The maximum Gasteiger partial charge on any atom is 0.223 e. The molecule has 3 aromatic rings. The maximum absolute atomic E-state index is 10.6. The van der Waals surface area contributed by atoms with Gasteiger partial charge in [0, 0.05) is 16.1 Å². The number of aromatic nitrogens is 3. The Morgan fingerprint density at radius 2 is 1.87 bits per heavy atom. The van der Waals surface area contributed by atoms with Gasteiger partial charge in [-0.05, 0) is 43.0 Å². The van der Waals surface area contributed by atoms with Crippen molar-refractivity contribution in [1.29, 1.82) is 4.78 Å². The number of hydrogen-bond acceptors (Lipinski definition) is 4. The van der Waals surface area contributed by atoms with Crippen LogP contribution in [0.3, 0.4) is 0 Å². The van der Waals surface area contributed by atoms with Gasteiger partial charge in [-0.3, -0.25) is 4.78 Å². The fourth-order valence-corrected chi connectivity index (χ4v) is 2.92. The first kappa shape index (κ1) is 15.7. The normalized spacial score (nSPS) is 12.3. The van der Waals surface area contributed by atoms with Crippen LogP contribution in [-0.4, -0.2) is 26.1 Å². The number of aryl methyl sites for hydroxylation is 1. The molecule has 1 atom stereocenters. The molecule has 23 heavy (non-hydrogen) atoms. The Morgan fingerprint density at radius 1 is 1.17 bits per heavy atom. The number of pyridine rings is 1. The van der Waals surface area contributed by atoms with Crippen LogP contribution in [0, 0.1) is 11.7 Å². The van der Waals surface area contributed by atoms with E-state index >= 15 is 0 Å². The van der Waals surface area contributed by atoms with Crippen molar-refractivity contribution in [3.05, 3.63) is 53.3 Å². The van der Waals surface area contributed by atoms with E-state index in [1.54, 1.807) is 24.4 Å². The van der Waals surface area contributed by atoms with Crippen molar-refractivity contribution < 1.29 is 5.11 Å². The van der Waals surface area contributed by atoms with Crippen molar-refractivity contribution in [2.45, 2.75) is 11.8 Å². The minimum Gasteiger partial charge on any atom is -0.493 e. The summed E-state index contributed by atoms with van der Waals surface area (Å²) in [7, 11) is -0.597. The molecular weight excluding hydrogens is 332 g/mol. The molecule has 7 heteroatoms. The second-order valence-electron chi connectivity index (χ2n) is 5.07. The summed E-state index contributed by atoms with van der Waals surface area (Å²) >= 11 is 5.91. The van der Waals surface area contributed by atoms with Crippen molar-refractivity contribution in [1.82, 2.24) is 14.8 Å². The van der Waals surface area contributed by atoms with E-state index in [9.17, 15) is 5.11 Å². The Bertz CT molecular complexity index is 872. The van der Waals surface area contributed by atoms with E-state index in [-0.39, 0.29) is 5.88 Å². The van der Waals surface area contributed by atoms with E-state index in [1.165, 1.54) is 4.68 Å². The van der Waals surface area contributed by atoms with Gasteiger partial charge < -0.3 is 5.11 Å². The summed E-state index contributed by atoms with van der Waals surface area (Å²) in [6, 6.07) is 10.8. The first-order valence-electron chi connectivity index (χ1n) is 6.85. The summed E-state index contributed by atoms with van der Waals surface area (Å²) in [5.41, 5.74) is 2.20. The molecule has 0 spiro atoms. The van der Waals surface area contributed by atoms with Crippen molar-refractivity contribution >= 4 is 22.3 Å². The van der Waals surface area contributed by atoms with Crippen LogP contribution in [-0.2, 0) is 10.7 Å². The lowest BCUT2D eigenvalue weighted by atomic mass is 10.1. The van der Waals surface area contributed by atoms with Gasteiger partial charge in [-0.1, -0.05) is 34.4 Å². The van der Waals surface area contributed by atoms with Gasteiger partial charge in [0.05, 0.1) is 11.3 Å². The summed E-state index contributed by atoms with van der Waals surface area (Å²) in [5.74, 6) is 0.548. The van der Waals surface area contributed by atoms with Crippen LogP contribution in [0.2, 0.25) is 5.02 Å². The average molecular weight is 347 g/mol. The molecule has 1 aromatic carbocycles. The first-order valence-corrected chi connectivity index (χ1v) is 8.86. The van der Waals surface area contributed by atoms with Crippen LogP contribution in [0.4, 0.5) is 0 Å². The van der Waals surface area contributed by atoms with E-state index in [4.69, 9.17) is 16.4 Å². The highest BCUT2D eigenvalue weighted by Gasteiger charge is 2.18. The van der Waals surface area contributed by atoms with E-state index in [2.05, 4.69) is 10.1 Å². The van der Waals surface area contributed by atoms with E-state index in [1.807, 2.05) is 31.4 Å². The number of aromatic hydroxyl groups is 1. The third-order valence-electron chi connectivity index (χ3n) is 3.46. The molecule has 0 amide bonds. The largest absolute Gasteiger partial charge is 0.493 e. The zero-order valence-electron chi connectivity index (χ0n) is 12.6. The summed E-state index contributed by atoms with van der Waals surface area (Å²) in [4.78, 5) is 5.14. The monoisotopic (exact) mass is 346 g/mol. The fourth-order valence-electron chi connectivity index (χ4n) is 2.31. The van der Waals surface area contributed by atoms with E-state index < -0.39 is 10.7 Å². The average Bonchev–Trinajstić information content (AvgIpc) is 2.83. The van der Waals surface area contributed by atoms with Gasteiger partial charge in [0.1, 0.15) is 0 Å². The Morgan fingerprint density at radius 3 is 2.43 bits per heavy atom. The van der Waals surface area contributed by atoms with Crippen LogP contribution < -0.4 is 0 Å². The molecule has 2 heterocycles. The number of nitrogens with one attached hydrogen (secondary N) is 1. The second-order valence-corrected chi connectivity index (χ2v) is 6.99. The molecule has 0 aliphatic carbocycles. The summed E-state index contributed by atoms with van der Waals surface area (Å²) in [5, 5.41) is 15.6. The number of rotatable bonds is 3. The number of benzene rings is 1. The van der Waals surface area contributed by atoms with Crippen LogP contribution in [0.25, 0.3) is 16.9 Å². The summed E-state index contributed by atoms with van der Waals surface area (Å²) in [6.45, 7) is 1.84. The topological polar surface area (TPSA) is 74.8 Å². The second kappa shape index (κ2) is 6.14. The van der Waals surface area contributed by atoms with Gasteiger partial charge in [0.25, 0.3) is 0 Å². The number of hydrogen-bond donors (Lipinski definition) is 2. The predicted octanol–water partition coefficient (Wildman–Crippen LogP) is 3.97. The zero-order chi connectivity index (χ0) is 16.6. The SMILES string of the molecule is Cc1nn(-c2ccc(S(C)=N)cn2)c(O)c1-c1ccc(Cl)cc1. The maximum atomic E-state index is 10.6. The smallest absolute Gasteiger partial charge is 0.223 e. The first-order chi connectivity index (χ1) is 11.0. The predicted molar refractivity (Wildman–Crippen MR) is 92.5 cm³/mol. The molecule has 118 valence electrons. The lowest BCUT2D eigenvalue weighted by Gasteiger charge is -2.05. The number of halogens is 1. The zero-order valence-corrected chi connectivity index (χ0v) is 14.2. The van der Waals surface area contributed by atoms with Crippen LogP contribution in [0.15, 0.2) is 47.5 Å². The lowest BCUT2D eigenvalue weighted by Crippen LogP contribution is -2.00. The molecule has 0 radical (unpaired) electrons. The van der Waals surface area contributed by atoms with Crippen molar-refractivity contribution in [2.24, 2.45) is 0 Å². The molecule has 0 aliphatic rings. The molecule has 5 nitrogen and oxygen atoms in total. The van der Waals surface area contributed by atoms with Gasteiger partial charge in [-0.25, -0.2) is 4.98 Å². The van der Waals surface area contributed by atoms with Crippen molar-refractivity contribution in [3.63, 3.8) is 0 Å². The third kappa shape index (κ3) is 3.00. The highest BCUT2D eigenvalue weighted by Crippen LogP contribution is 2.34. The van der Waals surface area contributed by atoms with Gasteiger partial charge in [0.2, 0.25) is 5.88 Å². The van der Waals surface area contributed by atoms with E-state index in [0.717, 1.165) is 10.5 Å². The lowest BCUT2D eigenvalue weighted by molar-refractivity contribution is 0.433. The molecular formula is C16H15ClN4OS. The van der Waals surface area contributed by atoms with Gasteiger partial charge in [0.15, 0.2) is 5.82 Å². The third-order valence-corrected chi connectivity index (χ3v) is 4.66. The number of nitrogens with zero attached hydrogens (tertiary/aromatic N) is 3. The quantitative estimate of drug-likeness (QED) is 0.753. The molecule has 0 aliphatic heterocycles. The van der Waals surface area contributed by atoms with Crippen molar-refractivity contribution in [3.8, 4) is 22.8 Å². The Labute approximate surface area is 141 Å². The molecule has 0 fully saturated rings. The molecule has 0 bridgehead atoms. The van der Waals surface area contributed by atoms with Crippen LogP contribution in [0.5, 0.6) is 5.88 Å². The minimum absolute atomic E-state index is 0.0337. The molecule has 2 aromatic heterocycles. The van der Waals surface area contributed by atoms with Gasteiger partial charge in [-0.15, -0.1) is 0 Å². The van der Waals surface area contributed by atoms with Gasteiger partial charge in [-0.2, -0.15) is 9.78 Å². The molecule has 0 saturated carbocycles. The Kier molecular flexibility index (Phi) is 4.19. The van der Waals surface area contributed by atoms with Crippen molar-refractivity contribution in [2.75, 3.05) is 6.26 Å². The van der Waals surface area contributed by atoms with E-state index in [0.29, 0.717) is 22.1 Å². The fraction of sp³-hybridized carbons (Fsp3) is 0.125. The molecule has 0 saturated heterocycles. The summed E-state index contributed by atoms with van der Waals surface area (Å²) < 4.78 is 9.11. The Balaban J connectivity index is 2.07.